The maximum absolute atomic E-state index is 12.8. The number of ether oxygens (including phenoxy) is 1. The lowest BCUT2D eigenvalue weighted by Crippen LogP contribution is -2.31. The Kier molecular flexibility index (Phi) is 7.73. The van der Waals surface area contributed by atoms with Gasteiger partial charge < -0.3 is 10.1 Å². The first kappa shape index (κ1) is 24.7. The van der Waals surface area contributed by atoms with E-state index in [0.717, 1.165) is 10.8 Å². The fourth-order valence-electron chi connectivity index (χ4n) is 3.32. The molecule has 1 atom stereocenters. The fraction of sp³-hybridized carbons (Fsp3) is 0.250. The molecule has 3 aromatic carbocycles. The van der Waals surface area contributed by atoms with Crippen molar-refractivity contribution in [2.45, 2.75) is 31.8 Å². The Morgan fingerprint density at radius 1 is 1.00 bits per heavy atom. The molecule has 7 nitrogen and oxygen atoms in total. The highest BCUT2D eigenvalue weighted by molar-refractivity contribution is 7.89. The first-order chi connectivity index (χ1) is 15.7. The lowest BCUT2D eigenvalue weighted by atomic mass is 10.1. The largest absolute Gasteiger partial charge is 0.449 e. The summed E-state index contributed by atoms with van der Waals surface area (Å²) in [6.45, 7) is 5.45. The van der Waals surface area contributed by atoms with E-state index < -0.39 is 28.0 Å². The molecule has 0 saturated heterocycles. The fourth-order valence-corrected chi connectivity index (χ4v) is 5.00. The van der Waals surface area contributed by atoms with Crippen LogP contribution < -0.4 is 5.32 Å². The highest BCUT2D eigenvalue weighted by Crippen LogP contribution is 2.24. The number of anilines is 1. The zero-order chi connectivity index (χ0) is 24.2. The van der Waals surface area contributed by atoms with Crippen LogP contribution in [0, 0.1) is 0 Å². The van der Waals surface area contributed by atoms with Crippen molar-refractivity contribution in [2.75, 3.05) is 18.4 Å². The van der Waals surface area contributed by atoms with Gasteiger partial charge in [-0.1, -0.05) is 55.8 Å². The highest BCUT2D eigenvalue weighted by Gasteiger charge is 2.26. The van der Waals surface area contributed by atoms with Crippen molar-refractivity contribution >= 4 is 50.0 Å². The summed E-state index contributed by atoms with van der Waals surface area (Å²) < 4.78 is 32.1. The van der Waals surface area contributed by atoms with Crippen LogP contribution in [0.1, 0.15) is 31.1 Å². The highest BCUT2D eigenvalue weighted by atomic mass is 35.5. The normalized spacial score (nSPS) is 12.5. The summed E-state index contributed by atoms with van der Waals surface area (Å²) in [5, 5.41) is 4.74. The van der Waals surface area contributed by atoms with E-state index in [-0.39, 0.29) is 28.6 Å². The quantitative estimate of drug-likeness (QED) is 0.463. The van der Waals surface area contributed by atoms with Gasteiger partial charge in [-0.05, 0) is 48.0 Å². The topological polar surface area (TPSA) is 92.8 Å². The van der Waals surface area contributed by atoms with Crippen molar-refractivity contribution in [3.05, 3.63) is 71.2 Å². The van der Waals surface area contributed by atoms with Crippen molar-refractivity contribution < 1.29 is 22.7 Å². The van der Waals surface area contributed by atoms with Crippen LogP contribution in [0.25, 0.3) is 10.8 Å². The van der Waals surface area contributed by atoms with Gasteiger partial charge in [0.05, 0.1) is 15.5 Å². The Hall–Kier alpha value is -2.94. The van der Waals surface area contributed by atoms with E-state index in [1.54, 1.807) is 19.9 Å². The summed E-state index contributed by atoms with van der Waals surface area (Å²) in [5.74, 6) is -1.42. The predicted octanol–water partition coefficient (Wildman–Crippen LogP) is 4.71. The van der Waals surface area contributed by atoms with E-state index in [1.807, 2.05) is 36.4 Å². The van der Waals surface area contributed by atoms with E-state index in [9.17, 15) is 18.0 Å². The van der Waals surface area contributed by atoms with Gasteiger partial charge in [-0.3, -0.25) is 4.79 Å². The number of benzene rings is 3. The van der Waals surface area contributed by atoms with Crippen LogP contribution in [0.5, 0.6) is 0 Å². The molecule has 33 heavy (non-hydrogen) atoms. The molecule has 0 bridgehead atoms. The molecule has 0 saturated carbocycles. The van der Waals surface area contributed by atoms with Crippen molar-refractivity contribution in [3.63, 3.8) is 0 Å². The number of rotatable bonds is 8. The van der Waals surface area contributed by atoms with Gasteiger partial charge in [0.1, 0.15) is 0 Å². The minimum Gasteiger partial charge on any atom is -0.449 e. The average Bonchev–Trinajstić information content (AvgIpc) is 2.79. The Bertz CT molecular complexity index is 1290. The van der Waals surface area contributed by atoms with Crippen LogP contribution in [0.15, 0.2) is 65.6 Å². The second-order valence-electron chi connectivity index (χ2n) is 7.33. The van der Waals surface area contributed by atoms with Crippen molar-refractivity contribution in [1.29, 1.82) is 0 Å². The standard InChI is InChI=1S/C24H25ClN2O5S/c1-4-27(5-2)33(30,31)20-12-13-22(25)21(15-20)24(29)32-16(3)23(28)26-19-11-10-17-8-6-7-9-18(17)14-19/h6-16H,4-5H2,1-3H3,(H,26,28). The van der Waals surface area contributed by atoms with Crippen molar-refractivity contribution in [1.82, 2.24) is 4.31 Å². The number of esters is 1. The van der Waals surface area contributed by atoms with E-state index in [2.05, 4.69) is 5.32 Å². The lowest BCUT2D eigenvalue weighted by molar-refractivity contribution is -0.123. The zero-order valence-electron chi connectivity index (χ0n) is 18.5. The number of sulfonamides is 1. The third-order valence-electron chi connectivity index (χ3n) is 5.17. The van der Waals surface area contributed by atoms with Gasteiger partial charge in [0.2, 0.25) is 10.0 Å². The molecule has 0 fully saturated rings. The lowest BCUT2D eigenvalue weighted by Gasteiger charge is -2.19. The maximum atomic E-state index is 12.8. The SMILES string of the molecule is CCN(CC)S(=O)(=O)c1ccc(Cl)c(C(=O)OC(C)C(=O)Nc2ccc3ccccc3c2)c1. The molecule has 0 spiro atoms. The number of carbonyl (C=O) groups is 2. The number of hydrogen-bond acceptors (Lipinski definition) is 5. The smallest absolute Gasteiger partial charge is 0.340 e. The van der Waals surface area contributed by atoms with Crippen LogP contribution in [0.4, 0.5) is 5.69 Å². The second kappa shape index (κ2) is 10.3. The summed E-state index contributed by atoms with van der Waals surface area (Å²) in [4.78, 5) is 25.2. The molecule has 0 aliphatic heterocycles. The maximum Gasteiger partial charge on any atom is 0.340 e. The van der Waals surface area contributed by atoms with Gasteiger partial charge in [0, 0.05) is 18.8 Å². The minimum atomic E-state index is -3.79. The summed E-state index contributed by atoms with van der Waals surface area (Å²) in [6, 6.07) is 17.0. The molecular formula is C24H25ClN2O5S. The van der Waals surface area contributed by atoms with Crippen LogP contribution >= 0.6 is 11.6 Å². The first-order valence-electron chi connectivity index (χ1n) is 10.5. The Labute approximate surface area is 198 Å². The summed E-state index contributed by atoms with van der Waals surface area (Å²) in [7, 11) is -3.79. The molecule has 0 aromatic heterocycles. The van der Waals surface area contributed by atoms with Gasteiger partial charge in [0.15, 0.2) is 6.10 Å². The number of hydrogen-bond donors (Lipinski definition) is 1. The predicted molar refractivity (Wildman–Crippen MR) is 129 cm³/mol. The number of nitrogens with one attached hydrogen (secondary N) is 1. The molecule has 0 aliphatic rings. The summed E-state index contributed by atoms with van der Waals surface area (Å²) in [5.41, 5.74) is 0.433. The van der Waals surface area contributed by atoms with Gasteiger partial charge in [-0.15, -0.1) is 0 Å². The molecule has 174 valence electrons. The van der Waals surface area contributed by atoms with E-state index >= 15 is 0 Å². The number of nitrogens with zero attached hydrogens (tertiary/aromatic N) is 1. The number of amides is 1. The van der Waals surface area contributed by atoms with Crippen LogP contribution in [-0.4, -0.2) is 43.8 Å². The Balaban J connectivity index is 1.75. The van der Waals surface area contributed by atoms with Crippen LogP contribution in [0.3, 0.4) is 0 Å². The minimum absolute atomic E-state index is 0.0284. The van der Waals surface area contributed by atoms with Crippen LogP contribution in [-0.2, 0) is 19.6 Å². The molecule has 1 N–H and O–H groups in total. The van der Waals surface area contributed by atoms with Gasteiger partial charge >= 0.3 is 5.97 Å². The molecule has 3 aromatic rings. The van der Waals surface area contributed by atoms with Gasteiger partial charge in [-0.2, -0.15) is 4.31 Å². The van der Waals surface area contributed by atoms with E-state index in [1.165, 1.54) is 29.4 Å². The van der Waals surface area contributed by atoms with E-state index in [0.29, 0.717) is 5.69 Å². The summed E-state index contributed by atoms with van der Waals surface area (Å²) in [6.07, 6.45) is -1.14. The van der Waals surface area contributed by atoms with E-state index in [4.69, 9.17) is 16.3 Å². The van der Waals surface area contributed by atoms with Crippen LogP contribution in [0.2, 0.25) is 5.02 Å². The summed E-state index contributed by atoms with van der Waals surface area (Å²) >= 11 is 6.13. The number of fused-ring (bicyclic) bond motifs is 1. The monoisotopic (exact) mass is 488 g/mol. The number of halogens is 1. The molecule has 9 heteroatoms. The van der Waals surface area contributed by atoms with Gasteiger partial charge in [-0.25, -0.2) is 13.2 Å². The molecule has 0 heterocycles. The van der Waals surface area contributed by atoms with Gasteiger partial charge in [0.25, 0.3) is 5.91 Å². The van der Waals surface area contributed by atoms with Crippen molar-refractivity contribution in [3.8, 4) is 0 Å². The number of carbonyl (C=O) groups excluding carboxylic acids is 2. The molecular weight excluding hydrogens is 464 g/mol. The molecule has 1 unspecified atom stereocenters. The third kappa shape index (κ3) is 5.52. The third-order valence-corrected chi connectivity index (χ3v) is 7.55. The molecule has 0 radical (unpaired) electrons. The molecule has 3 rings (SSSR count). The Morgan fingerprint density at radius 3 is 2.33 bits per heavy atom. The first-order valence-corrected chi connectivity index (χ1v) is 12.3. The molecule has 1 amide bonds. The molecule has 0 aliphatic carbocycles. The zero-order valence-corrected chi connectivity index (χ0v) is 20.1. The second-order valence-corrected chi connectivity index (χ2v) is 9.67. The average molecular weight is 489 g/mol. The Morgan fingerprint density at radius 2 is 1.67 bits per heavy atom. The van der Waals surface area contributed by atoms with Crippen molar-refractivity contribution in [2.24, 2.45) is 0 Å².